The van der Waals surface area contributed by atoms with Crippen molar-refractivity contribution in [1.82, 2.24) is 4.57 Å². The lowest BCUT2D eigenvalue weighted by atomic mass is 9.77. The minimum atomic E-state index is -0.429. The highest BCUT2D eigenvalue weighted by molar-refractivity contribution is 6.63. The predicted molar refractivity (Wildman–Crippen MR) is 166 cm³/mol. The molecule has 0 aliphatic carbocycles. The number of aromatic nitrogens is 1. The molecule has 0 saturated carbocycles. The Bertz CT molecular complexity index is 1520. The van der Waals surface area contributed by atoms with Crippen LogP contribution in [0.25, 0.3) is 27.5 Å². The van der Waals surface area contributed by atoms with Gasteiger partial charge in [-0.05, 0) is 110 Å². The van der Waals surface area contributed by atoms with E-state index in [9.17, 15) is 0 Å². The van der Waals surface area contributed by atoms with Crippen LogP contribution in [-0.4, -0.2) is 41.2 Å². The summed E-state index contributed by atoms with van der Waals surface area (Å²) in [6.07, 6.45) is 0. The van der Waals surface area contributed by atoms with E-state index in [1.807, 2.05) is 0 Å². The highest BCUT2D eigenvalue weighted by Gasteiger charge is 2.53. The fourth-order valence-corrected chi connectivity index (χ4v) is 6.08. The molecule has 40 heavy (non-hydrogen) atoms. The van der Waals surface area contributed by atoms with Crippen molar-refractivity contribution in [2.45, 2.75) is 98.6 Å². The van der Waals surface area contributed by atoms with Crippen LogP contribution >= 0.6 is 0 Å². The molecule has 2 aliphatic rings. The SMILES string of the molecule is Cc1cc(C)c(-n2c3ccc(B4OC(C)(C)C(C)(C)O4)cc3c3cc(B4OC(C)(C)C(C)(C)O4)ccc32)c(C)c1. The Hall–Kier alpha value is -2.57. The van der Waals surface area contributed by atoms with Gasteiger partial charge in [-0.3, -0.25) is 0 Å². The molecule has 6 rings (SSSR count). The third kappa shape index (κ3) is 4.08. The van der Waals surface area contributed by atoms with Crippen molar-refractivity contribution in [2.24, 2.45) is 0 Å². The van der Waals surface area contributed by atoms with E-state index in [2.05, 4.69) is 129 Å². The van der Waals surface area contributed by atoms with Gasteiger partial charge in [0, 0.05) is 10.8 Å². The van der Waals surface area contributed by atoms with Gasteiger partial charge in [-0.25, -0.2) is 0 Å². The highest BCUT2D eigenvalue weighted by Crippen LogP contribution is 2.39. The fourth-order valence-electron chi connectivity index (χ4n) is 6.08. The van der Waals surface area contributed by atoms with Gasteiger partial charge in [0.2, 0.25) is 0 Å². The lowest BCUT2D eigenvalue weighted by molar-refractivity contribution is 0.00578. The van der Waals surface area contributed by atoms with Gasteiger partial charge in [0.15, 0.2) is 0 Å². The largest absolute Gasteiger partial charge is 0.494 e. The van der Waals surface area contributed by atoms with Crippen molar-refractivity contribution in [3.63, 3.8) is 0 Å². The predicted octanol–water partition coefficient (Wildman–Crippen LogP) is 6.31. The minimum Gasteiger partial charge on any atom is -0.399 e. The zero-order valence-corrected chi connectivity index (χ0v) is 25.9. The van der Waals surface area contributed by atoms with Crippen molar-refractivity contribution >= 4 is 47.0 Å². The van der Waals surface area contributed by atoms with E-state index in [0.717, 1.165) is 32.7 Å². The molecule has 0 N–H and O–H groups in total. The molecule has 3 heterocycles. The molecule has 208 valence electrons. The molecule has 0 spiro atoms. The van der Waals surface area contributed by atoms with Crippen LogP contribution in [0.1, 0.15) is 72.1 Å². The monoisotopic (exact) mass is 537 g/mol. The van der Waals surface area contributed by atoms with Crippen molar-refractivity contribution in [1.29, 1.82) is 0 Å². The topological polar surface area (TPSA) is 41.9 Å². The molecule has 2 fully saturated rings. The molecule has 2 aliphatic heterocycles. The van der Waals surface area contributed by atoms with E-state index in [1.54, 1.807) is 0 Å². The van der Waals surface area contributed by atoms with Crippen LogP contribution in [0.2, 0.25) is 0 Å². The van der Waals surface area contributed by atoms with E-state index in [-0.39, 0.29) is 0 Å². The number of benzene rings is 3. The number of nitrogens with zero attached hydrogens (tertiary/aromatic N) is 1. The van der Waals surface area contributed by atoms with Crippen LogP contribution in [-0.2, 0) is 18.6 Å². The Morgan fingerprint density at radius 1 is 0.525 bits per heavy atom. The van der Waals surface area contributed by atoms with Crippen LogP contribution in [0, 0.1) is 20.8 Å². The van der Waals surface area contributed by atoms with Crippen molar-refractivity contribution < 1.29 is 18.6 Å². The number of hydrogen-bond acceptors (Lipinski definition) is 4. The number of rotatable bonds is 3. The summed E-state index contributed by atoms with van der Waals surface area (Å²) in [5, 5.41) is 2.31. The third-order valence-corrected chi connectivity index (χ3v) is 9.72. The first-order valence-electron chi connectivity index (χ1n) is 14.4. The molecular weight excluding hydrogens is 496 g/mol. The molecule has 0 radical (unpaired) electrons. The summed E-state index contributed by atoms with van der Waals surface area (Å²) in [6.45, 7) is 23.3. The second kappa shape index (κ2) is 8.72. The Labute approximate surface area is 239 Å². The fraction of sp³-hybridized carbons (Fsp3) is 0.455. The average Bonchev–Trinajstić information content (AvgIpc) is 3.35. The lowest BCUT2D eigenvalue weighted by Gasteiger charge is -2.32. The van der Waals surface area contributed by atoms with E-state index in [1.165, 1.54) is 22.4 Å². The van der Waals surface area contributed by atoms with Gasteiger partial charge in [-0.1, -0.05) is 42.0 Å². The van der Waals surface area contributed by atoms with E-state index < -0.39 is 36.6 Å². The average molecular weight is 537 g/mol. The van der Waals surface area contributed by atoms with Crippen molar-refractivity contribution in [3.05, 3.63) is 65.2 Å². The van der Waals surface area contributed by atoms with Gasteiger partial charge < -0.3 is 23.2 Å². The Balaban J connectivity index is 1.57. The van der Waals surface area contributed by atoms with Crippen LogP contribution < -0.4 is 10.9 Å². The van der Waals surface area contributed by atoms with E-state index in [0.29, 0.717) is 0 Å². The molecule has 0 atom stereocenters. The molecule has 5 nitrogen and oxygen atoms in total. The van der Waals surface area contributed by atoms with Gasteiger partial charge in [0.1, 0.15) is 0 Å². The standard InChI is InChI=1S/C33H41B2NO4/c1-20-16-21(2)29(22(3)17-20)36-27-14-12-23(34-37-30(4,5)31(6,7)38-34)18-25(27)26-19-24(13-15-28(26)36)35-39-32(8,9)33(10,11)40-35/h12-19H,1-11H3. The van der Waals surface area contributed by atoms with Crippen LogP contribution in [0.5, 0.6) is 0 Å². The van der Waals surface area contributed by atoms with Crippen LogP contribution in [0.3, 0.4) is 0 Å². The molecule has 1 aromatic heterocycles. The highest BCUT2D eigenvalue weighted by atomic mass is 16.7. The molecule has 4 aromatic rings. The Kier molecular flexibility index (Phi) is 6.01. The maximum atomic E-state index is 6.44. The normalized spacial score (nSPS) is 21.2. The summed E-state index contributed by atoms with van der Waals surface area (Å²) in [4.78, 5) is 0. The molecule has 0 bridgehead atoms. The zero-order valence-electron chi connectivity index (χ0n) is 25.9. The smallest absolute Gasteiger partial charge is 0.399 e. The van der Waals surface area contributed by atoms with Crippen LogP contribution in [0.4, 0.5) is 0 Å². The van der Waals surface area contributed by atoms with E-state index in [4.69, 9.17) is 18.6 Å². The summed E-state index contributed by atoms with van der Waals surface area (Å²) in [5.41, 5.74) is 7.72. The first kappa shape index (κ1) is 27.6. The van der Waals surface area contributed by atoms with Gasteiger partial charge in [0.05, 0.1) is 39.1 Å². The lowest BCUT2D eigenvalue weighted by Crippen LogP contribution is -2.41. The summed E-state index contributed by atoms with van der Waals surface area (Å²) in [6, 6.07) is 17.7. The van der Waals surface area contributed by atoms with Gasteiger partial charge in [-0.2, -0.15) is 0 Å². The molecule has 7 heteroatoms. The summed E-state index contributed by atoms with van der Waals surface area (Å²) < 4.78 is 28.1. The zero-order chi connectivity index (χ0) is 29.0. The first-order chi connectivity index (χ1) is 18.5. The summed E-state index contributed by atoms with van der Waals surface area (Å²) in [7, 11) is -0.858. The molecule has 2 saturated heterocycles. The molecule has 3 aromatic carbocycles. The van der Waals surface area contributed by atoms with Gasteiger partial charge in [0.25, 0.3) is 0 Å². The number of aryl methyl sites for hydroxylation is 3. The maximum Gasteiger partial charge on any atom is 0.494 e. The molecule has 0 amide bonds. The number of fused-ring (bicyclic) bond motifs is 3. The van der Waals surface area contributed by atoms with Gasteiger partial charge >= 0.3 is 14.2 Å². The second-order valence-electron chi connectivity index (χ2n) is 13.8. The van der Waals surface area contributed by atoms with E-state index >= 15 is 0 Å². The van der Waals surface area contributed by atoms with Crippen molar-refractivity contribution in [3.8, 4) is 5.69 Å². The summed E-state index contributed by atoms with van der Waals surface area (Å²) in [5.74, 6) is 0. The Morgan fingerprint density at radius 3 is 1.23 bits per heavy atom. The maximum absolute atomic E-state index is 6.44. The molecule has 0 unspecified atom stereocenters. The van der Waals surface area contributed by atoms with Crippen molar-refractivity contribution in [2.75, 3.05) is 0 Å². The quantitative estimate of drug-likeness (QED) is 0.288. The third-order valence-electron chi connectivity index (χ3n) is 9.72. The van der Waals surface area contributed by atoms with Gasteiger partial charge in [-0.15, -0.1) is 0 Å². The van der Waals surface area contributed by atoms with Crippen LogP contribution in [0.15, 0.2) is 48.5 Å². The number of hydrogen-bond donors (Lipinski definition) is 0. The second-order valence-corrected chi connectivity index (χ2v) is 13.8. The minimum absolute atomic E-state index is 0.402. The summed E-state index contributed by atoms with van der Waals surface area (Å²) >= 11 is 0. The molecular formula is C33H41B2NO4. The first-order valence-corrected chi connectivity index (χ1v) is 14.4. The Morgan fingerprint density at radius 2 is 0.875 bits per heavy atom.